The van der Waals surface area contributed by atoms with E-state index in [9.17, 15) is 9.59 Å². The maximum absolute atomic E-state index is 12.7. The standard InChI is InChI=1S/C21H32N4O2/c26-20-7-6-18-15-24(21(27)14-17-4-1-2-5-17)12-8-19(18)25(20)11-3-10-23-13-9-22-16-23/h9,13,16-19H,1-8,10-12,14-15H2/t18-,19+/m1/s1. The van der Waals surface area contributed by atoms with Gasteiger partial charge in [-0.2, -0.15) is 0 Å². The molecule has 0 N–H and O–H groups in total. The lowest BCUT2D eigenvalue weighted by Gasteiger charge is -2.47. The molecule has 0 aromatic carbocycles. The number of aryl methyl sites for hydroxylation is 1. The van der Waals surface area contributed by atoms with Gasteiger partial charge in [-0.15, -0.1) is 0 Å². The highest BCUT2D eigenvalue weighted by molar-refractivity contribution is 5.78. The van der Waals surface area contributed by atoms with E-state index in [0.717, 1.165) is 51.9 Å². The number of hydrogen-bond acceptors (Lipinski definition) is 3. The Morgan fingerprint density at radius 1 is 1.15 bits per heavy atom. The number of hydrogen-bond donors (Lipinski definition) is 0. The van der Waals surface area contributed by atoms with Gasteiger partial charge in [0.1, 0.15) is 0 Å². The van der Waals surface area contributed by atoms with Gasteiger partial charge < -0.3 is 14.4 Å². The highest BCUT2D eigenvalue weighted by atomic mass is 16.2. The van der Waals surface area contributed by atoms with Crippen LogP contribution in [0.3, 0.4) is 0 Å². The first-order valence-electron chi connectivity index (χ1n) is 10.7. The average Bonchev–Trinajstić information content (AvgIpc) is 3.37. The number of carbonyl (C=O) groups is 2. The summed E-state index contributed by atoms with van der Waals surface area (Å²) in [5.41, 5.74) is 0. The third kappa shape index (κ3) is 4.36. The van der Waals surface area contributed by atoms with Crippen molar-refractivity contribution in [3.05, 3.63) is 18.7 Å². The Bertz CT molecular complexity index is 639. The molecule has 1 aromatic rings. The molecule has 1 saturated carbocycles. The lowest BCUT2D eigenvalue weighted by Crippen LogP contribution is -2.57. The van der Waals surface area contributed by atoms with Crippen molar-refractivity contribution in [2.24, 2.45) is 11.8 Å². The average molecular weight is 373 g/mol. The maximum atomic E-state index is 12.7. The van der Waals surface area contributed by atoms with Crippen LogP contribution in [0, 0.1) is 11.8 Å². The number of fused-ring (bicyclic) bond motifs is 1. The van der Waals surface area contributed by atoms with E-state index in [0.29, 0.717) is 36.1 Å². The molecular weight excluding hydrogens is 340 g/mol. The zero-order valence-corrected chi connectivity index (χ0v) is 16.3. The molecular formula is C21H32N4O2. The monoisotopic (exact) mass is 372 g/mol. The van der Waals surface area contributed by atoms with Crippen LogP contribution in [0.25, 0.3) is 0 Å². The largest absolute Gasteiger partial charge is 0.342 e. The number of amides is 2. The molecule has 3 aliphatic rings. The van der Waals surface area contributed by atoms with Gasteiger partial charge in [-0.05, 0) is 43.9 Å². The second-order valence-electron chi connectivity index (χ2n) is 8.59. The Kier molecular flexibility index (Phi) is 5.79. The van der Waals surface area contributed by atoms with Crippen molar-refractivity contribution in [3.8, 4) is 0 Å². The molecule has 2 aliphatic heterocycles. The van der Waals surface area contributed by atoms with E-state index >= 15 is 0 Å². The fourth-order valence-electron chi connectivity index (χ4n) is 5.30. The molecule has 1 aliphatic carbocycles. The first-order chi connectivity index (χ1) is 13.2. The molecule has 0 radical (unpaired) electrons. The number of imidazole rings is 1. The van der Waals surface area contributed by atoms with Crippen LogP contribution in [-0.4, -0.2) is 56.8 Å². The summed E-state index contributed by atoms with van der Waals surface area (Å²) < 4.78 is 2.07. The highest BCUT2D eigenvalue weighted by Gasteiger charge is 2.40. The second-order valence-corrected chi connectivity index (χ2v) is 8.59. The van der Waals surface area contributed by atoms with Gasteiger partial charge in [-0.3, -0.25) is 9.59 Å². The molecule has 6 nitrogen and oxygen atoms in total. The van der Waals surface area contributed by atoms with Gasteiger partial charge >= 0.3 is 0 Å². The molecule has 2 amide bonds. The summed E-state index contributed by atoms with van der Waals surface area (Å²) in [7, 11) is 0. The number of carbonyl (C=O) groups excluding carboxylic acids is 2. The van der Waals surface area contributed by atoms with E-state index in [1.807, 2.05) is 12.5 Å². The molecule has 4 rings (SSSR count). The normalized spacial score (nSPS) is 26.4. The third-order valence-corrected chi connectivity index (χ3v) is 6.81. The van der Waals surface area contributed by atoms with Gasteiger partial charge in [0, 0.05) is 57.5 Å². The fraction of sp³-hybridized carbons (Fsp3) is 0.762. The van der Waals surface area contributed by atoms with Crippen LogP contribution in [0.15, 0.2) is 18.7 Å². The smallest absolute Gasteiger partial charge is 0.222 e. The quantitative estimate of drug-likeness (QED) is 0.771. The zero-order chi connectivity index (χ0) is 18.6. The van der Waals surface area contributed by atoms with Crippen LogP contribution in [0.1, 0.15) is 57.8 Å². The van der Waals surface area contributed by atoms with Gasteiger partial charge in [0.05, 0.1) is 6.33 Å². The van der Waals surface area contributed by atoms with E-state index in [2.05, 4.69) is 19.4 Å². The fourth-order valence-corrected chi connectivity index (χ4v) is 5.30. The topological polar surface area (TPSA) is 58.4 Å². The van der Waals surface area contributed by atoms with Crippen LogP contribution in [0.5, 0.6) is 0 Å². The molecule has 2 saturated heterocycles. The summed E-state index contributed by atoms with van der Waals surface area (Å²) in [6, 6.07) is 0.324. The lowest BCUT2D eigenvalue weighted by molar-refractivity contribution is -0.144. The molecule has 6 heteroatoms. The number of rotatable bonds is 6. The highest BCUT2D eigenvalue weighted by Crippen LogP contribution is 2.33. The predicted octanol–water partition coefficient (Wildman–Crippen LogP) is 2.69. The van der Waals surface area contributed by atoms with Crippen LogP contribution >= 0.6 is 0 Å². The van der Waals surface area contributed by atoms with Crippen molar-refractivity contribution in [1.82, 2.24) is 19.4 Å². The molecule has 0 unspecified atom stereocenters. The van der Waals surface area contributed by atoms with Gasteiger partial charge in [-0.25, -0.2) is 4.98 Å². The van der Waals surface area contributed by atoms with E-state index in [1.165, 1.54) is 25.7 Å². The van der Waals surface area contributed by atoms with Crippen LogP contribution in [-0.2, 0) is 16.1 Å². The first-order valence-corrected chi connectivity index (χ1v) is 10.7. The van der Waals surface area contributed by atoms with Crippen LogP contribution < -0.4 is 0 Å². The van der Waals surface area contributed by atoms with Crippen molar-refractivity contribution < 1.29 is 9.59 Å². The summed E-state index contributed by atoms with van der Waals surface area (Å²) in [4.78, 5) is 33.5. The minimum atomic E-state index is 0.299. The van der Waals surface area contributed by atoms with Crippen molar-refractivity contribution in [3.63, 3.8) is 0 Å². The van der Waals surface area contributed by atoms with Crippen molar-refractivity contribution in [2.75, 3.05) is 19.6 Å². The Hall–Kier alpha value is -1.85. The first kappa shape index (κ1) is 18.5. The molecule has 27 heavy (non-hydrogen) atoms. The number of nitrogens with zero attached hydrogens (tertiary/aromatic N) is 4. The van der Waals surface area contributed by atoms with E-state index < -0.39 is 0 Å². The molecule has 1 aromatic heterocycles. The lowest BCUT2D eigenvalue weighted by atomic mass is 9.83. The van der Waals surface area contributed by atoms with Crippen molar-refractivity contribution in [2.45, 2.75) is 70.4 Å². The predicted molar refractivity (Wildman–Crippen MR) is 103 cm³/mol. The number of piperidine rings is 2. The second kappa shape index (κ2) is 8.44. The zero-order valence-electron chi connectivity index (χ0n) is 16.3. The number of aromatic nitrogens is 2. The minimum Gasteiger partial charge on any atom is -0.342 e. The Balaban J connectivity index is 1.30. The summed E-state index contributed by atoms with van der Waals surface area (Å²) in [5.74, 6) is 1.72. The number of likely N-dealkylation sites (tertiary alicyclic amines) is 2. The Morgan fingerprint density at radius 2 is 2.00 bits per heavy atom. The Morgan fingerprint density at radius 3 is 2.78 bits per heavy atom. The molecule has 0 spiro atoms. The van der Waals surface area contributed by atoms with E-state index in [-0.39, 0.29) is 0 Å². The molecule has 148 valence electrons. The molecule has 2 atom stereocenters. The summed E-state index contributed by atoms with van der Waals surface area (Å²) in [5, 5.41) is 0. The van der Waals surface area contributed by atoms with Gasteiger partial charge in [-0.1, -0.05) is 12.8 Å². The van der Waals surface area contributed by atoms with Crippen LogP contribution in [0.4, 0.5) is 0 Å². The van der Waals surface area contributed by atoms with Crippen LogP contribution in [0.2, 0.25) is 0 Å². The summed E-state index contributed by atoms with van der Waals surface area (Å²) >= 11 is 0. The van der Waals surface area contributed by atoms with E-state index in [4.69, 9.17) is 0 Å². The van der Waals surface area contributed by atoms with Gasteiger partial charge in [0.25, 0.3) is 0 Å². The minimum absolute atomic E-state index is 0.299. The van der Waals surface area contributed by atoms with Gasteiger partial charge in [0.15, 0.2) is 0 Å². The van der Waals surface area contributed by atoms with Gasteiger partial charge in [0.2, 0.25) is 11.8 Å². The van der Waals surface area contributed by atoms with E-state index in [1.54, 1.807) is 6.20 Å². The molecule has 3 heterocycles. The Labute approximate surface area is 161 Å². The summed E-state index contributed by atoms with van der Waals surface area (Å²) in [6.07, 6.45) is 14.8. The maximum Gasteiger partial charge on any atom is 0.222 e. The third-order valence-electron chi connectivity index (χ3n) is 6.81. The van der Waals surface area contributed by atoms with Crippen molar-refractivity contribution in [1.29, 1.82) is 0 Å². The van der Waals surface area contributed by atoms with Crippen molar-refractivity contribution >= 4 is 11.8 Å². The SMILES string of the molecule is O=C(CC1CCCC1)N1CC[C@H]2[C@H](CCC(=O)N2CCCn2ccnc2)C1. The summed E-state index contributed by atoms with van der Waals surface area (Å²) in [6.45, 7) is 3.38. The molecule has 0 bridgehead atoms. The molecule has 3 fully saturated rings.